The fourth-order valence-corrected chi connectivity index (χ4v) is 2.62. The highest BCUT2D eigenvalue weighted by molar-refractivity contribution is 9.10. The van der Waals surface area contributed by atoms with Crippen molar-refractivity contribution in [2.24, 2.45) is 0 Å². The van der Waals surface area contributed by atoms with Gasteiger partial charge in [0, 0.05) is 15.2 Å². The van der Waals surface area contributed by atoms with Crippen molar-refractivity contribution in [2.45, 2.75) is 13.0 Å². The lowest BCUT2D eigenvalue weighted by atomic mass is 10.1. The Kier molecular flexibility index (Phi) is 4.68. The zero-order chi connectivity index (χ0) is 14.7. The van der Waals surface area contributed by atoms with Crippen LogP contribution in [-0.2, 0) is 0 Å². The van der Waals surface area contributed by atoms with Crippen molar-refractivity contribution in [3.05, 3.63) is 63.1 Å². The van der Waals surface area contributed by atoms with E-state index >= 15 is 0 Å². The van der Waals surface area contributed by atoms with E-state index in [0.29, 0.717) is 20.7 Å². The van der Waals surface area contributed by atoms with Crippen molar-refractivity contribution in [3.8, 4) is 0 Å². The summed E-state index contributed by atoms with van der Waals surface area (Å²) in [4.78, 5) is 12.3. The van der Waals surface area contributed by atoms with Crippen LogP contribution >= 0.6 is 27.5 Å². The van der Waals surface area contributed by atoms with Gasteiger partial charge in [0.1, 0.15) is 0 Å². The molecule has 0 spiro atoms. The predicted octanol–water partition coefficient (Wildman–Crippen LogP) is 4.18. The lowest BCUT2D eigenvalue weighted by Crippen LogP contribution is -2.27. The van der Waals surface area contributed by atoms with Gasteiger partial charge in [-0.15, -0.1) is 0 Å². The number of amides is 1. The molecule has 104 valence electrons. The summed E-state index contributed by atoms with van der Waals surface area (Å²) in [5, 5.41) is 3.54. The Labute approximate surface area is 131 Å². The number of benzene rings is 2. The Morgan fingerprint density at radius 1 is 1.30 bits per heavy atom. The van der Waals surface area contributed by atoms with E-state index in [-0.39, 0.29) is 11.9 Å². The molecule has 0 bridgehead atoms. The third-order valence-corrected chi connectivity index (χ3v) is 3.99. The standard InChI is InChI=1S/C15H14BrClN2O/c1-9(11-4-2-3-5-14(11)17)19-15(20)12-8-10(18)6-7-13(12)16/h2-9H,18H2,1H3,(H,19,20)/t9-/m0/s1. The van der Waals surface area contributed by atoms with Crippen molar-refractivity contribution in [2.75, 3.05) is 5.73 Å². The highest BCUT2D eigenvalue weighted by Gasteiger charge is 2.15. The molecule has 0 fully saturated rings. The molecule has 1 atom stereocenters. The van der Waals surface area contributed by atoms with Gasteiger partial charge in [-0.1, -0.05) is 29.8 Å². The van der Waals surface area contributed by atoms with Gasteiger partial charge in [0.15, 0.2) is 0 Å². The number of hydrogen-bond acceptors (Lipinski definition) is 2. The lowest BCUT2D eigenvalue weighted by molar-refractivity contribution is 0.0939. The van der Waals surface area contributed by atoms with Gasteiger partial charge in [0.05, 0.1) is 11.6 Å². The second-order valence-electron chi connectivity index (χ2n) is 4.46. The van der Waals surface area contributed by atoms with Crippen LogP contribution in [0, 0.1) is 0 Å². The topological polar surface area (TPSA) is 55.1 Å². The van der Waals surface area contributed by atoms with Crippen molar-refractivity contribution < 1.29 is 4.79 Å². The summed E-state index contributed by atoms with van der Waals surface area (Å²) in [7, 11) is 0. The van der Waals surface area contributed by atoms with Gasteiger partial charge in [0.2, 0.25) is 0 Å². The van der Waals surface area contributed by atoms with Gasteiger partial charge >= 0.3 is 0 Å². The summed E-state index contributed by atoms with van der Waals surface area (Å²) in [6.07, 6.45) is 0. The van der Waals surface area contributed by atoms with Crippen LogP contribution in [0.4, 0.5) is 5.69 Å². The number of carbonyl (C=O) groups is 1. The molecule has 0 aliphatic rings. The molecule has 0 aliphatic carbocycles. The minimum atomic E-state index is -0.198. The number of halogens is 2. The fraction of sp³-hybridized carbons (Fsp3) is 0.133. The third-order valence-electron chi connectivity index (χ3n) is 2.95. The highest BCUT2D eigenvalue weighted by Crippen LogP contribution is 2.24. The van der Waals surface area contributed by atoms with E-state index in [1.54, 1.807) is 24.3 Å². The van der Waals surface area contributed by atoms with E-state index in [9.17, 15) is 4.79 Å². The molecule has 0 saturated heterocycles. The average molecular weight is 354 g/mol. The van der Waals surface area contributed by atoms with Crippen LogP contribution in [0.3, 0.4) is 0 Å². The molecule has 1 amide bonds. The molecule has 0 aliphatic heterocycles. The minimum absolute atomic E-state index is 0.190. The monoisotopic (exact) mass is 352 g/mol. The molecule has 0 heterocycles. The number of nitrogens with one attached hydrogen (secondary N) is 1. The van der Waals surface area contributed by atoms with Gasteiger partial charge in [-0.2, -0.15) is 0 Å². The predicted molar refractivity (Wildman–Crippen MR) is 85.9 cm³/mol. The van der Waals surface area contributed by atoms with Crippen molar-refractivity contribution in [1.29, 1.82) is 0 Å². The van der Waals surface area contributed by atoms with Crippen LogP contribution in [0.2, 0.25) is 5.02 Å². The first kappa shape index (κ1) is 14.9. The Hall–Kier alpha value is -1.52. The number of nitrogens with two attached hydrogens (primary N) is 1. The number of anilines is 1. The Morgan fingerprint density at radius 2 is 2.00 bits per heavy atom. The molecule has 3 nitrogen and oxygen atoms in total. The summed E-state index contributed by atoms with van der Waals surface area (Å²) in [6.45, 7) is 1.89. The SMILES string of the molecule is C[C@H](NC(=O)c1cc(N)ccc1Br)c1ccccc1Cl. The summed E-state index contributed by atoms with van der Waals surface area (Å²) in [5.41, 5.74) is 7.64. The van der Waals surface area contributed by atoms with Crippen LogP contribution < -0.4 is 11.1 Å². The number of nitrogen functional groups attached to an aromatic ring is 1. The Bertz CT molecular complexity index is 646. The fourth-order valence-electron chi connectivity index (χ4n) is 1.90. The first-order valence-corrected chi connectivity index (χ1v) is 7.26. The zero-order valence-corrected chi connectivity index (χ0v) is 13.2. The quantitative estimate of drug-likeness (QED) is 0.813. The van der Waals surface area contributed by atoms with Crippen molar-refractivity contribution >= 4 is 39.1 Å². The first-order chi connectivity index (χ1) is 9.49. The Morgan fingerprint density at radius 3 is 2.70 bits per heavy atom. The third kappa shape index (κ3) is 3.32. The molecule has 0 saturated carbocycles. The molecule has 2 aromatic carbocycles. The van der Waals surface area contributed by atoms with Gasteiger partial charge in [-0.05, 0) is 52.7 Å². The lowest BCUT2D eigenvalue weighted by Gasteiger charge is -2.16. The van der Waals surface area contributed by atoms with Crippen LogP contribution in [0.25, 0.3) is 0 Å². The summed E-state index contributed by atoms with van der Waals surface area (Å²) in [5.74, 6) is -0.198. The maximum Gasteiger partial charge on any atom is 0.252 e. The Balaban J connectivity index is 2.20. The first-order valence-electron chi connectivity index (χ1n) is 6.09. The van der Waals surface area contributed by atoms with E-state index in [2.05, 4.69) is 21.2 Å². The molecule has 20 heavy (non-hydrogen) atoms. The molecular weight excluding hydrogens is 340 g/mol. The highest BCUT2D eigenvalue weighted by atomic mass is 79.9. The molecular formula is C15H14BrClN2O. The van der Waals surface area contributed by atoms with Crippen molar-refractivity contribution in [3.63, 3.8) is 0 Å². The second-order valence-corrected chi connectivity index (χ2v) is 5.72. The maximum atomic E-state index is 12.3. The second kappa shape index (κ2) is 6.29. The summed E-state index contributed by atoms with van der Waals surface area (Å²) in [6, 6.07) is 12.4. The van der Waals surface area contributed by atoms with Gasteiger partial charge in [0.25, 0.3) is 5.91 Å². The van der Waals surface area contributed by atoms with Gasteiger partial charge in [-0.3, -0.25) is 4.79 Å². The van der Waals surface area contributed by atoms with E-state index in [4.69, 9.17) is 17.3 Å². The maximum absolute atomic E-state index is 12.3. The molecule has 2 aromatic rings. The smallest absolute Gasteiger partial charge is 0.252 e. The van der Waals surface area contributed by atoms with Gasteiger partial charge < -0.3 is 11.1 Å². The van der Waals surface area contributed by atoms with Crippen LogP contribution in [0.15, 0.2) is 46.9 Å². The van der Waals surface area contributed by atoms with Crippen molar-refractivity contribution in [1.82, 2.24) is 5.32 Å². The van der Waals surface area contributed by atoms with Crippen LogP contribution in [0.1, 0.15) is 28.9 Å². The van der Waals surface area contributed by atoms with E-state index < -0.39 is 0 Å². The normalized spacial score (nSPS) is 11.9. The van der Waals surface area contributed by atoms with E-state index in [1.165, 1.54) is 0 Å². The number of hydrogen-bond donors (Lipinski definition) is 2. The summed E-state index contributed by atoms with van der Waals surface area (Å²) >= 11 is 9.47. The van der Waals surface area contributed by atoms with E-state index in [1.807, 2.05) is 25.1 Å². The number of rotatable bonds is 3. The van der Waals surface area contributed by atoms with Crippen LogP contribution in [-0.4, -0.2) is 5.91 Å². The minimum Gasteiger partial charge on any atom is -0.399 e. The molecule has 0 unspecified atom stereocenters. The van der Waals surface area contributed by atoms with E-state index in [0.717, 1.165) is 5.56 Å². The molecule has 0 radical (unpaired) electrons. The van der Waals surface area contributed by atoms with Gasteiger partial charge in [-0.25, -0.2) is 0 Å². The summed E-state index contributed by atoms with van der Waals surface area (Å²) < 4.78 is 0.704. The number of carbonyl (C=O) groups excluding carboxylic acids is 1. The molecule has 3 N–H and O–H groups in total. The van der Waals surface area contributed by atoms with Crippen LogP contribution in [0.5, 0.6) is 0 Å². The molecule has 2 rings (SSSR count). The largest absolute Gasteiger partial charge is 0.399 e. The molecule has 0 aromatic heterocycles. The molecule has 5 heteroatoms. The average Bonchev–Trinajstić information content (AvgIpc) is 2.41. The zero-order valence-electron chi connectivity index (χ0n) is 10.9.